The van der Waals surface area contributed by atoms with Gasteiger partial charge in [0.1, 0.15) is 0 Å². The second-order valence-electron chi connectivity index (χ2n) is 3.24. The molecule has 2 rings (SSSR count). The van der Waals surface area contributed by atoms with Gasteiger partial charge in [-0.3, -0.25) is 14.5 Å². The lowest BCUT2D eigenvalue weighted by Crippen LogP contribution is -2.45. The molecule has 1 radical (unpaired) electrons. The Labute approximate surface area is 91.0 Å². The second kappa shape index (κ2) is 3.65. The van der Waals surface area contributed by atoms with Gasteiger partial charge in [-0.15, -0.1) is 0 Å². The second-order valence-corrected chi connectivity index (χ2v) is 3.24. The monoisotopic (exact) mass is 218 g/mol. The lowest BCUT2D eigenvalue weighted by molar-refractivity contribution is -0.127. The fourth-order valence-electron chi connectivity index (χ4n) is 1.53. The van der Waals surface area contributed by atoms with Gasteiger partial charge < -0.3 is 5.73 Å². The zero-order valence-corrected chi connectivity index (χ0v) is 8.16. The Balaban J connectivity index is 2.42. The van der Waals surface area contributed by atoms with Crippen molar-refractivity contribution >= 4 is 23.5 Å². The van der Waals surface area contributed by atoms with Crippen LogP contribution >= 0.6 is 0 Å². The minimum absolute atomic E-state index is 0.422. The first-order valence-electron chi connectivity index (χ1n) is 4.54. The van der Waals surface area contributed by atoms with Crippen molar-refractivity contribution in [2.24, 2.45) is 5.73 Å². The van der Waals surface area contributed by atoms with Crippen LogP contribution in [-0.2, 0) is 9.59 Å². The maximum Gasteiger partial charge on any atom is 0.352 e. The highest BCUT2D eigenvalue weighted by atomic mass is 16.2. The summed E-state index contributed by atoms with van der Waals surface area (Å²) < 4.78 is 0. The highest BCUT2D eigenvalue weighted by molar-refractivity contribution is 6.23. The number of benzene rings is 1. The van der Waals surface area contributed by atoms with Crippen molar-refractivity contribution in [3.05, 3.63) is 30.3 Å². The number of amides is 4. The number of hydrogen-bond acceptors (Lipinski definition) is 3. The molecule has 1 heterocycles. The normalized spacial score (nSPS) is 19.8. The van der Waals surface area contributed by atoms with Crippen molar-refractivity contribution in [1.29, 1.82) is 0 Å². The molecule has 0 aromatic heterocycles. The number of carbonyl (C=O) groups is 3. The maximum atomic E-state index is 11.4. The molecule has 6 heteroatoms. The number of anilines is 1. The summed E-state index contributed by atoms with van der Waals surface area (Å²) >= 11 is 0. The van der Waals surface area contributed by atoms with Gasteiger partial charge >= 0.3 is 6.03 Å². The van der Waals surface area contributed by atoms with Crippen molar-refractivity contribution in [2.45, 2.75) is 6.04 Å². The van der Waals surface area contributed by atoms with Crippen molar-refractivity contribution in [2.75, 3.05) is 4.90 Å². The highest BCUT2D eigenvalue weighted by Gasteiger charge is 2.44. The van der Waals surface area contributed by atoms with E-state index in [1.54, 1.807) is 30.3 Å². The fraction of sp³-hybridized carbons (Fsp3) is 0.100. The van der Waals surface area contributed by atoms with Crippen LogP contribution in [0.3, 0.4) is 0 Å². The number of primary amides is 1. The van der Waals surface area contributed by atoms with Crippen LogP contribution in [-0.4, -0.2) is 23.9 Å². The third-order valence-electron chi connectivity index (χ3n) is 2.21. The summed E-state index contributed by atoms with van der Waals surface area (Å²) in [5, 5.41) is 3.20. The van der Waals surface area contributed by atoms with E-state index >= 15 is 0 Å². The number of para-hydroxylation sites is 1. The molecular weight excluding hydrogens is 210 g/mol. The van der Waals surface area contributed by atoms with E-state index in [-0.39, 0.29) is 0 Å². The van der Waals surface area contributed by atoms with Crippen LogP contribution < -0.4 is 16.0 Å². The van der Waals surface area contributed by atoms with Gasteiger partial charge in [0.25, 0.3) is 11.8 Å². The molecule has 0 spiro atoms. The molecule has 1 fully saturated rings. The van der Waals surface area contributed by atoms with Crippen molar-refractivity contribution < 1.29 is 14.4 Å². The lowest BCUT2D eigenvalue weighted by atomic mass is 10.2. The summed E-state index contributed by atoms with van der Waals surface area (Å²) in [7, 11) is 0. The third kappa shape index (κ3) is 1.50. The number of rotatable bonds is 2. The number of carbonyl (C=O) groups excluding carboxylic acids is 3. The summed E-state index contributed by atoms with van der Waals surface area (Å²) in [4.78, 5) is 34.8. The predicted octanol–water partition coefficient (Wildman–Crippen LogP) is -0.389. The summed E-state index contributed by atoms with van der Waals surface area (Å²) in [5.74, 6) is -1.70. The smallest absolute Gasteiger partial charge is 0.352 e. The minimum atomic E-state index is -1.32. The van der Waals surface area contributed by atoms with Crippen molar-refractivity contribution in [3.8, 4) is 0 Å². The lowest BCUT2D eigenvalue weighted by Gasteiger charge is -2.18. The minimum Gasteiger partial charge on any atom is -0.367 e. The van der Waals surface area contributed by atoms with Gasteiger partial charge in [-0.25, -0.2) is 4.79 Å². The number of urea groups is 1. The van der Waals surface area contributed by atoms with E-state index in [4.69, 9.17) is 5.73 Å². The summed E-state index contributed by atoms with van der Waals surface area (Å²) in [5.41, 5.74) is 5.49. The Morgan fingerprint density at radius 1 is 1.25 bits per heavy atom. The molecule has 2 N–H and O–H groups in total. The number of imide groups is 1. The van der Waals surface area contributed by atoms with E-state index in [1.165, 1.54) is 0 Å². The predicted molar refractivity (Wildman–Crippen MR) is 54.4 cm³/mol. The molecule has 1 aromatic carbocycles. The molecule has 0 bridgehead atoms. The molecule has 1 aromatic rings. The molecule has 1 aliphatic rings. The quantitative estimate of drug-likeness (QED) is 0.541. The van der Waals surface area contributed by atoms with Crippen LogP contribution in [0.5, 0.6) is 0 Å². The van der Waals surface area contributed by atoms with Gasteiger partial charge in [0.05, 0.1) is 0 Å². The van der Waals surface area contributed by atoms with E-state index in [2.05, 4.69) is 5.32 Å². The van der Waals surface area contributed by atoms with Crippen molar-refractivity contribution in [1.82, 2.24) is 5.32 Å². The molecule has 1 aliphatic heterocycles. The molecule has 81 valence electrons. The maximum absolute atomic E-state index is 11.4. The zero-order chi connectivity index (χ0) is 11.7. The van der Waals surface area contributed by atoms with Crippen LogP contribution in [0.4, 0.5) is 10.5 Å². The van der Waals surface area contributed by atoms with Gasteiger partial charge in [-0.2, -0.15) is 5.32 Å². The molecule has 6 nitrogen and oxygen atoms in total. The molecular formula is C10H8N3O3. The Morgan fingerprint density at radius 3 is 2.44 bits per heavy atom. The number of nitrogens with two attached hydrogens (primary N) is 1. The third-order valence-corrected chi connectivity index (χ3v) is 2.21. The van der Waals surface area contributed by atoms with Crippen LogP contribution in [0.2, 0.25) is 0 Å². The van der Waals surface area contributed by atoms with Crippen molar-refractivity contribution in [3.63, 3.8) is 0 Å². The summed E-state index contributed by atoms with van der Waals surface area (Å²) in [6.07, 6.45) is 0. The first-order valence-corrected chi connectivity index (χ1v) is 4.54. The van der Waals surface area contributed by atoms with Crippen LogP contribution in [0, 0.1) is 0 Å². The molecule has 4 amide bonds. The van der Waals surface area contributed by atoms with Gasteiger partial charge in [0.15, 0.2) is 6.04 Å². The Kier molecular flexibility index (Phi) is 2.32. The van der Waals surface area contributed by atoms with Crippen LogP contribution in [0.15, 0.2) is 30.3 Å². The molecule has 0 aliphatic carbocycles. The molecule has 1 saturated heterocycles. The summed E-state index contributed by atoms with van der Waals surface area (Å²) in [6, 6.07) is 6.23. The van der Waals surface area contributed by atoms with Crippen LogP contribution in [0.1, 0.15) is 0 Å². The number of hydrogen-bond donors (Lipinski definition) is 1. The standard InChI is InChI=1S/C10H8N3O3/c11-8(14)7-9(15)12-10(16)13(7)6-4-2-1-3-5-6/h1-5,7H,(H2,11,14). The van der Waals surface area contributed by atoms with E-state index in [9.17, 15) is 14.4 Å². The molecule has 1 atom stereocenters. The highest BCUT2D eigenvalue weighted by Crippen LogP contribution is 2.21. The van der Waals surface area contributed by atoms with E-state index in [0.29, 0.717) is 5.69 Å². The average Bonchev–Trinajstić information content (AvgIpc) is 2.55. The van der Waals surface area contributed by atoms with E-state index < -0.39 is 23.9 Å². The molecule has 1 unspecified atom stereocenters. The Hall–Kier alpha value is -2.37. The largest absolute Gasteiger partial charge is 0.367 e. The van der Waals surface area contributed by atoms with Gasteiger partial charge in [0.2, 0.25) is 0 Å². The van der Waals surface area contributed by atoms with Gasteiger partial charge in [-0.1, -0.05) is 18.2 Å². The van der Waals surface area contributed by atoms with Gasteiger partial charge in [-0.05, 0) is 12.1 Å². The molecule has 16 heavy (non-hydrogen) atoms. The van der Waals surface area contributed by atoms with Gasteiger partial charge in [0, 0.05) is 5.69 Å². The first-order chi connectivity index (χ1) is 7.61. The topological polar surface area (TPSA) is 94.6 Å². The SMILES string of the molecule is NC(=O)C1C(=O)[N]C(=O)N1c1ccccc1. The number of nitrogens with zero attached hydrogens (tertiary/aromatic N) is 2. The fourth-order valence-corrected chi connectivity index (χ4v) is 1.53. The Morgan fingerprint density at radius 2 is 1.88 bits per heavy atom. The van der Waals surface area contributed by atoms with E-state index in [1.807, 2.05) is 0 Å². The molecule has 0 saturated carbocycles. The first kappa shape index (κ1) is 10.2. The average molecular weight is 218 g/mol. The zero-order valence-electron chi connectivity index (χ0n) is 8.16. The van der Waals surface area contributed by atoms with Crippen LogP contribution in [0.25, 0.3) is 0 Å². The van der Waals surface area contributed by atoms with E-state index in [0.717, 1.165) is 4.90 Å². The summed E-state index contributed by atoms with van der Waals surface area (Å²) in [6.45, 7) is 0. The Bertz CT molecular complexity index is 458.